The number of carboxylic acids is 4. The number of urea groups is 2. The molecule has 0 bridgehead atoms. The molecular formula is C71H82N12O18S. The monoisotopic (exact) mass is 1420 g/mol. The summed E-state index contributed by atoms with van der Waals surface area (Å²) in [6, 6.07) is 18.7. The SMILES string of the molecule is CC(C)(C)C(=O)CN1C(=O)[C@H](NC(=O)Nc2cccc(C(=O)N[C@H](CCC(=O)O)C(=O)N[C@@H](CCCNC(N)=O)C(=O)N[C@H](CC(=O)O)C(=O)N[C@H](CCCCNC(=S)Nc3ccc(-c4c5ccc(=O)cc-5oc5ccccc45)c(C(=O)O)c3)C(=O)O)c2)CN(C2CCCCC2)c2ccccc21. The number of carbonyl (C=O) groups is 12. The van der Waals surface area contributed by atoms with Crippen molar-refractivity contribution in [2.75, 3.05) is 46.6 Å². The van der Waals surface area contributed by atoms with Gasteiger partial charge in [-0.25, -0.2) is 19.2 Å². The number of fused-ring (bicyclic) bond motifs is 3. The standard InChI is InChI=1S/C71H82N12O18S/c1-71(2,3)57(85)38-83-54-23-9-8-22-53(54)82(42-17-5-4-6-18-42)37-52(65(83)94)81-69(100)75-40-16-13-15-39(33-40)61(90)77-49(29-30-58(86)87)63(92)78-48(21-14-32-73-68(72)99)62(91)80-51(36-59(88)89)64(93)79-50(67(97)98)20-11-12-31-74-70(102)76-41-25-27-44(47(34-41)66(95)96)60-45-19-7-10-24-55(45)101-56-35-43(84)26-28-46(56)60/h7-10,13,15-16,19,22-28,33-35,42,48-52H,4-6,11-12,14,17-18,20-21,29-32,36-38H2,1-3H3,(H,77,90)(H,78,92)(H,79,93)(H,80,91)(H,86,87)(H,88,89)(H,95,96)(H,97,98)(H3,72,73,99)(H2,74,76,102)(H2,75,81,100)/t48-,49+,50+,51+,52+/m0/s1. The molecule has 2 heterocycles. The lowest BCUT2D eigenvalue weighted by atomic mass is 9.90. The molecular weight excluding hydrogens is 1340 g/mol. The summed E-state index contributed by atoms with van der Waals surface area (Å²) >= 11 is 5.48. The van der Waals surface area contributed by atoms with E-state index >= 15 is 0 Å². The number of carboxylic acid groups (broad SMARTS) is 4. The molecule has 0 saturated heterocycles. The second-order valence-electron chi connectivity index (χ2n) is 25.8. The fourth-order valence-electron chi connectivity index (χ4n) is 12.1. The first-order valence-corrected chi connectivity index (χ1v) is 33.6. The number of hydrogen-bond acceptors (Lipinski definition) is 16. The quantitative estimate of drug-likeness (QED) is 0.0132. The summed E-state index contributed by atoms with van der Waals surface area (Å²) in [7, 11) is 0. The van der Waals surface area contributed by atoms with E-state index in [1.165, 1.54) is 47.4 Å². The van der Waals surface area contributed by atoms with Crippen molar-refractivity contribution in [1.29, 1.82) is 0 Å². The zero-order chi connectivity index (χ0) is 73.9. The lowest BCUT2D eigenvalue weighted by molar-refractivity contribution is -0.144. The summed E-state index contributed by atoms with van der Waals surface area (Å²) in [4.78, 5) is 175. The number of benzene rings is 5. The Balaban J connectivity index is 0.886. The van der Waals surface area contributed by atoms with Gasteiger partial charge in [-0.05, 0) is 130 Å². The number of carbonyl (C=O) groups excluding carboxylic acids is 8. The summed E-state index contributed by atoms with van der Waals surface area (Å²) in [5, 5.41) is 63.8. The highest BCUT2D eigenvalue weighted by molar-refractivity contribution is 7.80. The number of nitrogens with one attached hydrogen (secondary N) is 9. The smallest absolute Gasteiger partial charge is 0.336 e. The topological polar surface area (TPSA) is 457 Å². The largest absolute Gasteiger partial charge is 0.481 e. The Morgan fingerprint density at radius 3 is 1.96 bits per heavy atom. The van der Waals surface area contributed by atoms with Gasteiger partial charge < -0.3 is 88.2 Å². The molecule has 540 valence electrons. The van der Waals surface area contributed by atoms with Crippen molar-refractivity contribution < 1.29 is 82.4 Å². The lowest BCUT2D eigenvalue weighted by Gasteiger charge is -2.37. The van der Waals surface area contributed by atoms with Crippen molar-refractivity contribution in [1.82, 2.24) is 37.2 Å². The Labute approximate surface area is 590 Å². The van der Waals surface area contributed by atoms with E-state index < -0.39 is 120 Å². The predicted octanol–water partition coefficient (Wildman–Crippen LogP) is 6.14. The number of nitrogens with zero attached hydrogens (tertiary/aromatic N) is 2. The highest BCUT2D eigenvalue weighted by Crippen LogP contribution is 2.42. The fraction of sp³-hybridized carbons (Fsp3) is 0.380. The van der Waals surface area contributed by atoms with Crippen molar-refractivity contribution in [3.8, 4) is 22.5 Å². The molecule has 8 rings (SSSR count). The Kier molecular flexibility index (Phi) is 26.2. The van der Waals surface area contributed by atoms with E-state index in [9.17, 15) is 82.8 Å². The molecule has 15 N–H and O–H groups in total. The molecule has 5 atom stereocenters. The molecule has 0 unspecified atom stereocenters. The third-order valence-electron chi connectivity index (χ3n) is 17.3. The number of Topliss-reactive ketones (excluding diaryl/α,β-unsaturated/α-hetero) is 1. The predicted molar refractivity (Wildman–Crippen MR) is 380 cm³/mol. The van der Waals surface area contributed by atoms with Crippen molar-refractivity contribution in [2.24, 2.45) is 11.1 Å². The van der Waals surface area contributed by atoms with E-state index in [-0.39, 0.29) is 103 Å². The van der Waals surface area contributed by atoms with Crippen LogP contribution in [0.2, 0.25) is 0 Å². The number of unbranched alkanes of at least 4 members (excludes halogenated alkanes) is 1. The second-order valence-corrected chi connectivity index (χ2v) is 26.3. The van der Waals surface area contributed by atoms with Crippen LogP contribution in [0.5, 0.6) is 0 Å². The van der Waals surface area contributed by atoms with Gasteiger partial charge >= 0.3 is 35.9 Å². The highest BCUT2D eigenvalue weighted by Gasteiger charge is 2.40. The van der Waals surface area contributed by atoms with Crippen LogP contribution >= 0.6 is 12.2 Å². The van der Waals surface area contributed by atoms with Crippen LogP contribution in [0, 0.1) is 5.41 Å². The fourth-order valence-corrected chi connectivity index (χ4v) is 12.3. The van der Waals surface area contributed by atoms with Gasteiger partial charge in [-0.1, -0.05) is 82.5 Å². The van der Waals surface area contributed by atoms with Crippen LogP contribution < -0.4 is 68.8 Å². The minimum absolute atomic E-state index is 0.0397. The van der Waals surface area contributed by atoms with Gasteiger partial charge in [0.2, 0.25) is 17.7 Å². The Morgan fingerprint density at radius 1 is 0.637 bits per heavy atom. The van der Waals surface area contributed by atoms with E-state index in [1.807, 2.05) is 12.1 Å². The normalized spacial score (nSPS) is 15.0. The van der Waals surface area contributed by atoms with Gasteiger partial charge in [-0.15, -0.1) is 0 Å². The number of para-hydroxylation sites is 3. The number of primary amides is 1. The Hall–Kier alpha value is -11.5. The molecule has 0 radical (unpaired) electrons. The zero-order valence-corrected chi connectivity index (χ0v) is 57.1. The number of nitrogens with two attached hydrogens (primary N) is 1. The number of ketones is 1. The van der Waals surface area contributed by atoms with Gasteiger partial charge in [-0.3, -0.25) is 43.2 Å². The first-order valence-electron chi connectivity index (χ1n) is 33.2. The number of rotatable bonds is 31. The van der Waals surface area contributed by atoms with Crippen molar-refractivity contribution >= 4 is 122 Å². The summed E-state index contributed by atoms with van der Waals surface area (Å²) in [5.74, 6) is -10.7. The van der Waals surface area contributed by atoms with E-state index in [0.29, 0.717) is 39.0 Å². The van der Waals surface area contributed by atoms with E-state index in [4.69, 9.17) is 22.4 Å². The third-order valence-corrected chi connectivity index (χ3v) is 17.6. The molecule has 0 spiro atoms. The maximum absolute atomic E-state index is 14.6. The van der Waals surface area contributed by atoms with Gasteiger partial charge in [0.1, 0.15) is 41.6 Å². The first kappa shape index (κ1) is 76.3. The van der Waals surface area contributed by atoms with Crippen molar-refractivity contribution in [3.05, 3.63) is 131 Å². The summed E-state index contributed by atoms with van der Waals surface area (Å²) in [5.41, 5.74) is 7.34. The van der Waals surface area contributed by atoms with Gasteiger partial charge in [0.15, 0.2) is 16.3 Å². The zero-order valence-electron chi connectivity index (χ0n) is 56.3. The van der Waals surface area contributed by atoms with E-state index in [0.717, 1.165) is 37.8 Å². The van der Waals surface area contributed by atoms with Crippen LogP contribution in [-0.2, 0) is 38.4 Å². The Bertz CT molecular complexity index is 4210. The highest BCUT2D eigenvalue weighted by atomic mass is 32.1. The molecule has 9 amide bonds. The van der Waals surface area contributed by atoms with Crippen LogP contribution in [0.25, 0.3) is 33.4 Å². The number of thiocarbonyl (C=S) groups is 1. The number of hydrogen-bond donors (Lipinski definition) is 14. The van der Waals surface area contributed by atoms with E-state index in [2.05, 4.69) is 52.8 Å². The van der Waals surface area contributed by atoms with Gasteiger partial charge in [-0.2, -0.15) is 0 Å². The van der Waals surface area contributed by atoms with Crippen LogP contribution in [-0.4, -0.2) is 159 Å². The average molecular weight is 1420 g/mol. The van der Waals surface area contributed by atoms with Gasteiger partial charge in [0.05, 0.1) is 29.9 Å². The summed E-state index contributed by atoms with van der Waals surface area (Å²) in [6.45, 7) is 5.07. The molecule has 31 heteroatoms. The molecule has 102 heavy (non-hydrogen) atoms. The molecule has 2 aliphatic heterocycles. The molecule has 4 aliphatic rings. The summed E-state index contributed by atoms with van der Waals surface area (Å²) in [6.07, 6.45) is 2.10. The molecule has 30 nitrogen and oxygen atoms in total. The second kappa shape index (κ2) is 35.0. The molecule has 2 aliphatic carbocycles. The van der Waals surface area contributed by atoms with Crippen molar-refractivity contribution in [3.63, 3.8) is 0 Å². The van der Waals surface area contributed by atoms with Crippen LogP contribution in [0.15, 0.2) is 118 Å². The van der Waals surface area contributed by atoms with Gasteiger partial charge in [0.25, 0.3) is 11.8 Å². The van der Waals surface area contributed by atoms with Crippen molar-refractivity contribution in [2.45, 2.75) is 140 Å². The minimum Gasteiger partial charge on any atom is -0.481 e. The number of aromatic carboxylic acids is 1. The molecule has 1 fully saturated rings. The van der Waals surface area contributed by atoms with Crippen LogP contribution in [0.3, 0.4) is 0 Å². The number of anilines is 4. The minimum atomic E-state index is -1.96. The third kappa shape index (κ3) is 20.8. The van der Waals surface area contributed by atoms with E-state index in [1.54, 1.807) is 75.4 Å². The van der Waals surface area contributed by atoms with Crippen LogP contribution in [0.4, 0.5) is 32.3 Å². The summed E-state index contributed by atoms with van der Waals surface area (Å²) < 4.78 is 5.98. The number of aliphatic carboxylic acids is 3. The maximum Gasteiger partial charge on any atom is 0.336 e. The molecule has 4 aromatic rings. The van der Waals surface area contributed by atoms with Crippen LogP contribution in [0.1, 0.15) is 125 Å². The molecule has 4 aromatic carbocycles. The molecule has 1 saturated carbocycles. The lowest BCUT2D eigenvalue weighted by Crippen LogP contribution is -2.58. The average Bonchev–Trinajstić information content (AvgIpc) is 0.796. The number of amides is 9. The molecule has 0 aromatic heterocycles. The Morgan fingerprint density at radius 2 is 1.27 bits per heavy atom. The maximum atomic E-state index is 14.6. The van der Waals surface area contributed by atoms with Gasteiger partial charge in [0, 0.05) is 77.0 Å². The first-order chi connectivity index (χ1) is 48.5.